The first-order valence-electron chi connectivity index (χ1n) is 8.29. The molecule has 2 aromatic rings. The van der Waals surface area contributed by atoms with Gasteiger partial charge in [0.1, 0.15) is 17.5 Å². The topological polar surface area (TPSA) is 66.5 Å². The van der Waals surface area contributed by atoms with E-state index < -0.39 is 39.3 Å². The van der Waals surface area contributed by atoms with E-state index >= 15 is 0 Å². The molecule has 0 radical (unpaired) electrons. The summed E-state index contributed by atoms with van der Waals surface area (Å²) in [6.07, 6.45) is 0.883. The molecule has 0 spiro atoms. The lowest BCUT2D eigenvalue weighted by atomic mass is 9.98. The molecule has 2 aromatic carbocycles. The van der Waals surface area contributed by atoms with Crippen LogP contribution in [0.3, 0.4) is 0 Å². The zero-order valence-electron chi connectivity index (χ0n) is 14.2. The second-order valence-corrected chi connectivity index (χ2v) is 8.21. The molecule has 1 atom stereocenters. The van der Waals surface area contributed by atoms with Crippen molar-refractivity contribution in [3.8, 4) is 0 Å². The average Bonchev–Trinajstić information content (AvgIpc) is 2.64. The van der Waals surface area contributed by atoms with Gasteiger partial charge < -0.3 is 5.32 Å². The van der Waals surface area contributed by atoms with Crippen molar-refractivity contribution < 1.29 is 26.4 Å². The summed E-state index contributed by atoms with van der Waals surface area (Å²) in [5.74, 6) is -3.45. The summed E-state index contributed by atoms with van der Waals surface area (Å²) in [5, 5.41) is 2.37. The molecule has 1 N–H and O–H groups in total. The Balaban J connectivity index is 1.73. The van der Waals surface area contributed by atoms with E-state index in [1.54, 1.807) is 0 Å². The van der Waals surface area contributed by atoms with Crippen molar-refractivity contribution >= 4 is 21.6 Å². The molecular formula is C18H17F3N2O3S. The van der Waals surface area contributed by atoms with Gasteiger partial charge in [-0.1, -0.05) is 0 Å². The highest BCUT2D eigenvalue weighted by Crippen LogP contribution is 2.25. The summed E-state index contributed by atoms with van der Waals surface area (Å²) in [7, 11) is -3.87. The Morgan fingerprint density at radius 1 is 1.04 bits per heavy atom. The van der Waals surface area contributed by atoms with Gasteiger partial charge >= 0.3 is 0 Å². The minimum atomic E-state index is -3.87. The normalized spacial score (nSPS) is 18.3. The van der Waals surface area contributed by atoms with Gasteiger partial charge in [0.05, 0.1) is 16.5 Å². The van der Waals surface area contributed by atoms with Crippen LogP contribution in [0.4, 0.5) is 18.9 Å². The Bertz CT molecular complexity index is 949. The minimum Gasteiger partial charge on any atom is -0.323 e. The van der Waals surface area contributed by atoms with Crippen molar-refractivity contribution in [1.29, 1.82) is 0 Å². The lowest BCUT2D eigenvalue weighted by molar-refractivity contribution is -0.120. The standard InChI is InChI=1S/C18H17F3N2O3S/c19-13-3-6-15(7-4-13)27(25,26)23-9-1-2-12(11-23)18(24)22-17-8-5-14(20)10-16(17)21/h3-8,10,12H,1-2,9,11H2,(H,22,24)/t12-/m0/s1. The Hall–Kier alpha value is -2.39. The smallest absolute Gasteiger partial charge is 0.243 e. The van der Waals surface area contributed by atoms with Gasteiger partial charge in [0.2, 0.25) is 15.9 Å². The zero-order valence-corrected chi connectivity index (χ0v) is 15.0. The summed E-state index contributed by atoms with van der Waals surface area (Å²) in [4.78, 5) is 12.4. The number of piperidine rings is 1. The van der Waals surface area contributed by atoms with Crippen LogP contribution in [0.5, 0.6) is 0 Å². The van der Waals surface area contributed by atoms with Gasteiger partial charge in [-0.25, -0.2) is 21.6 Å². The Morgan fingerprint density at radius 2 is 1.70 bits per heavy atom. The van der Waals surface area contributed by atoms with E-state index in [1.165, 1.54) is 12.1 Å². The largest absolute Gasteiger partial charge is 0.323 e. The number of hydrogen-bond acceptors (Lipinski definition) is 3. The Kier molecular flexibility index (Phi) is 5.52. The fourth-order valence-corrected chi connectivity index (χ4v) is 4.48. The van der Waals surface area contributed by atoms with Crippen LogP contribution < -0.4 is 5.32 Å². The fraction of sp³-hybridized carbons (Fsp3) is 0.278. The van der Waals surface area contributed by atoms with Crippen LogP contribution in [0.2, 0.25) is 0 Å². The number of halogens is 3. The third kappa shape index (κ3) is 4.30. The second kappa shape index (κ2) is 7.69. The zero-order chi connectivity index (χ0) is 19.6. The van der Waals surface area contributed by atoms with Crippen molar-refractivity contribution in [2.45, 2.75) is 17.7 Å². The first-order chi connectivity index (χ1) is 12.8. The van der Waals surface area contributed by atoms with Crippen molar-refractivity contribution in [1.82, 2.24) is 4.31 Å². The Morgan fingerprint density at radius 3 is 2.37 bits per heavy atom. The van der Waals surface area contributed by atoms with Crippen LogP contribution in [0.15, 0.2) is 47.4 Å². The number of benzene rings is 2. The highest BCUT2D eigenvalue weighted by atomic mass is 32.2. The van der Waals surface area contributed by atoms with Crippen LogP contribution in [0, 0.1) is 23.4 Å². The van der Waals surface area contributed by atoms with Crippen molar-refractivity contribution in [3.63, 3.8) is 0 Å². The van der Waals surface area contributed by atoms with E-state index in [9.17, 15) is 26.4 Å². The molecule has 1 amide bonds. The average molecular weight is 398 g/mol. The SMILES string of the molecule is O=C(Nc1ccc(F)cc1F)[C@H]1CCCN(S(=O)(=O)c2ccc(F)cc2)C1. The molecule has 0 bridgehead atoms. The molecular weight excluding hydrogens is 381 g/mol. The maximum Gasteiger partial charge on any atom is 0.243 e. The number of nitrogens with zero attached hydrogens (tertiary/aromatic N) is 1. The molecule has 27 heavy (non-hydrogen) atoms. The van der Waals surface area contributed by atoms with Crippen LogP contribution >= 0.6 is 0 Å². The monoisotopic (exact) mass is 398 g/mol. The summed E-state index contributed by atoms with van der Waals surface area (Å²) >= 11 is 0. The highest BCUT2D eigenvalue weighted by Gasteiger charge is 2.33. The third-order valence-corrected chi connectivity index (χ3v) is 6.27. The summed E-state index contributed by atoms with van der Waals surface area (Å²) < 4.78 is 66.2. The quantitative estimate of drug-likeness (QED) is 0.861. The van der Waals surface area contributed by atoms with Crippen LogP contribution in [-0.2, 0) is 14.8 Å². The predicted molar refractivity (Wildman–Crippen MR) is 92.9 cm³/mol. The molecule has 0 unspecified atom stereocenters. The van der Waals surface area contributed by atoms with Crippen molar-refractivity contribution in [2.24, 2.45) is 5.92 Å². The highest BCUT2D eigenvalue weighted by molar-refractivity contribution is 7.89. The van der Waals surface area contributed by atoms with Gasteiger partial charge in [-0.15, -0.1) is 0 Å². The molecule has 5 nitrogen and oxygen atoms in total. The van der Waals surface area contributed by atoms with E-state index in [0.717, 1.165) is 28.6 Å². The molecule has 3 rings (SSSR count). The first kappa shape index (κ1) is 19.4. The van der Waals surface area contributed by atoms with Gasteiger partial charge in [-0.3, -0.25) is 4.79 Å². The van der Waals surface area contributed by atoms with Crippen LogP contribution in [0.1, 0.15) is 12.8 Å². The molecule has 1 saturated heterocycles. The Labute approximate surface area is 154 Å². The van der Waals surface area contributed by atoms with Gasteiger partial charge in [0, 0.05) is 19.2 Å². The number of rotatable bonds is 4. The van der Waals surface area contributed by atoms with E-state index in [-0.39, 0.29) is 23.7 Å². The molecule has 0 aliphatic carbocycles. The maximum atomic E-state index is 13.7. The van der Waals surface area contributed by atoms with Gasteiger partial charge in [0.15, 0.2) is 0 Å². The predicted octanol–water partition coefficient (Wildman–Crippen LogP) is 3.14. The number of sulfonamides is 1. The van der Waals surface area contributed by atoms with Crippen molar-refractivity contribution in [2.75, 3.05) is 18.4 Å². The number of anilines is 1. The summed E-state index contributed by atoms with van der Waals surface area (Å²) in [6, 6.07) is 7.23. The fourth-order valence-electron chi connectivity index (χ4n) is 2.96. The van der Waals surface area contributed by atoms with Gasteiger partial charge in [-0.05, 0) is 49.2 Å². The van der Waals surface area contributed by atoms with Crippen LogP contribution in [-0.4, -0.2) is 31.7 Å². The number of nitrogens with one attached hydrogen (secondary N) is 1. The second-order valence-electron chi connectivity index (χ2n) is 6.27. The van der Waals surface area contributed by atoms with E-state index in [4.69, 9.17) is 0 Å². The number of amides is 1. The lowest BCUT2D eigenvalue weighted by Gasteiger charge is -2.31. The van der Waals surface area contributed by atoms with Gasteiger partial charge in [-0.2, -0.15) is 4.31 Å². The molecule has 0 aromatic heterocycles. The third-order valence-electron chi connectivity index (χ3n) is 4.40. The minimum absolute atomic E-state index is 0.0606. The summed E-state index contributed by atoms with van der Waals surface area (Å²) in [6.45, 7) is 0.156. The van der Waals surface area contributed by atoms with Crippen LogP contribution in [0.25, 0.3) is 0 Å². The van der Waals surface area contributed by atoms with E-state index in [2.05, 4.69) is 5.32 Å². The van der Waals surface area contributed by atoms with E-state index in [1.807, 2.05) is 0 Å². The van der Waals surface area contributed by atoms with Gasteiger partial charge in [0.25, 0.3) is 0 Å². The number of carbonyl (C=O) groups is 1. The lowest BCUT2D eigenvalue weighted by Crippen LogP contribution is -2.43. The number of hydrogen-bond donors (Lipinski definition) is 1. The van der Waals surface area contributed by atoms with E-state index in [0.29, 0.717) is 18.9 Å². The maximum absolute atomic E-state index is 13.7. The molecule has 144 valence electrons. The first-order valence-corrected chi connectivity index (χ1v) is 9.73. The molecule has 1 fully saturated rings. The molecule has 1 aliphatic rings. The summed E-state index contributed by atoms with van der Waals surface area (Å²) in [5.41, 5.74) is -0.167. The van der Waals surface area contributed by atoms with Crippen molar-refractivity contribution in [3.05, 3.63) is 59.9 Å². The molecule has 9 heteroatoms. The molecule has 1 heterocycles. The molecule has 0 saturated carbocycles. The molecule has 1 aliphatic heterocycles. The number of carbonyl (C=O) groups excluding carboxylic acids is 1.